The first-order valence-corrected chi connectivity index (χ1v) is 5.32. The molecule has 0 bridgehead atoms. The first-order chi connectivity index (χ1) is 7.06. The van der Waals surface area contributed by atoms with Crippen LogP contribution in [0.4, 0.5) is 0 Å². The average molecular weight is 209 g/mol. The van der Waals surface area contributed by atoms with Crippen LogP contribution >= 0.6 is 0 Å². The van der Waals surface area contributed by atoms with Gasteiger partial charge >= 0.3 is 0 Å². The zero-order valence-electron chi connectivity index (χ0n) is 9.92. The van der Waals surface area contributed by atoms with Crippen molar-refractivity contribution in [1.29, 1.82) is 0 Å². The summed E-state index contributed by atoms with van der Waals surface area (Å²) in [7, 11) is 1.92. The molecule has 0 aliphatic rings. The molecule has 1 amide bonds. The molecule has 0 saturated carbocycles. The molecule has 84 valence electrons. The van der Waals surface area contributed by atoms with Crippen molar-refractivity contribution in [3.63, 3.8) is 0 Å². The van der Waals surface area contributed by atoms with Crippen molar-refractivity contribution in [1.82, 2.24) is 15.1 Å². The number of hydrogen-bond acceptors (Lipinski definition) is 2. The molecule has 0 aliphatic carbocycles. The summed E-state index contributed by atoms with van der Waals surface area (Å²) >= 11 is 0. The predicted octanol–water partition coefficient (Wildman–Crippen LogP) is 1.45. The Hall–Kier alpha value is -1.32. The summed E-state index contributed by atoms with van der Waals surface area (Å²) in [5, 5.41) is 7.20. The summed E-state index contributed by atoms with van der Waals surface area (Å²) in [6.07, 6.45) is 1.48. The normalized spacial score (nSPS) is 10.4. The Morgan fingerprint density at radius 2 is 2.13 bits per heavy atom. The van der Waals surface area contributed by atoms with E-state index in [9.17, 15) is 4.79 Å². The van der Waals surface area contributed by atoms with Crippen molar-refractivity contribution in [3.05, 3.63) is 17.0 Å². The number of hydrogen-bond donors (Lipinski definition) is 1. The molecule has 15 heavy (non-hydrogen) atoms. The highest BCUT2D eigenvalue weighted by atomic mass is 16.1. The third-order valence-corrected chi connectivity index (χ3v) is 2.60. The molecule has 0 fully saturated rings. The van der Waals surface area contributed by atoms with E-state index in [0.717, 1.165) is 23.4 Å². The molecule has 0 atom stereocenters. The lowest BCUT2D eigenvalue weighted by Crippen LogP contribution is -2.22. The van der Waals surface area contributed by atoms with E-state index in [1.807, 2.05) is 32.5 Å². The minimum absolute atomic E-state index is 0.111. The second-order valence-corrected chi connectivity index (χ2v) is 3.80. The third kappa shape index (κ3) is 2.81. The molecule has 4 nitrogen and oxygen atoms in total. The van der Waals surface area contributed by atoms with Gasteiger partial charge in [-0.15, -0.1) is 0 Å². The molecule has 0 spiro atoms. The van der Waals surface area contributed by atoms with Crippen LogP contribution in [0.5, 0.6) is 0 Å². The number of nitrogens with one attached hydrogen (secondary N) is 1. The van der Waals surface area contributed by atoms with Crippen LogP contribution in [0.25, 0.3) is 0 Å². The minimum Gasteiger partial charge on any atom is -0.352 e. The monoisotopic (exact) mass is 209 g/mol. The van der Waals surface area contributed by atoms with Gasteiger partial charge < -0.3 is 5.32 Å². The first-order valence-electron chi connectivity index (χ1n) is 5.32. The van der Waals surface area contributed by atoms with Gasteiger partial charge in [0.1, 0.15) is 0 Å². The van der Waals surface area contributed by atoms with Gasteiger partial charge in [0.05, 0.1) is 5.69 Å². The van der Waals surface area contributed by atoms with Crippen molar-refractivity contribution in [3.8, 4) is 0 Å². The van der Waals surface area contributed by atoms with E-state index in [4.69, 9.17) is 0 Å². The fourth-order valence-corrected chi connectivity index (χ4v) is 1.58. The van der Waals surface area contributed by atoms with Crippen molar-refractivity contribution in [2.24, 2.45) is 7.05 Å². The lowest BCUT2D eigenvalue weighted by atomic mass is 10.2. The van der Waals surface area contributed by atoms with Crippen molar-refractivity contribution in [2.75, 3.05) is 0 Å². The molecule has 0 unspecified atom stereocenters. The van der Waals surface area contributed by atoms with Crippen LogP contribution in [0.1, 0.15) is 36.7 Å². The number of carbonyl (C=O) groups is 1. The molecule has 0 saturated heterocycles. The average Bonchev–Trinajstić information content (AvgIpc) is 2.40. The Balaban J connectivity index is 2.61. The Morgan fingerprint density at radius 1 is 1.47 bits per heavy atom. The van der Waals surface area contributed by atoms with E-state index in [-0.39, 0.29) is 5.91 Å². The summed E-state index contributed by atoms with van der Waals surface area (Å²) in [6, 6.07) is 0. The first kappa shape index (κ1) is 11.8. The zero-order valence-corrected chi connectivity index (χ0v) is 9.92. The second kappa shape index (κ2) is 4.96. The van der Waals surface area contributed by atoms with Crippen LogP contribution in [0.3, 0.4) is 0 Å². The number of amides is 1. The smallest absolute Gasteiger partial charge is 0.220 e. The van der Waals surface area contributed by atoms with E-state index in [0.29, 0.717) is 13.0 Å². The molecule has 4 heteroatoms. The Labute approximate surface area is 90.7 Å². The highest BCUT2D eigenvalue weighted by Gasteiger charge is 2.09. The molecule has 1 heterocycles. The van der Waals surface area contributed by atoms with Crippen LogP contribution in [0.2, 0.25) is 0 Å². The summed E-state index contributed by atoms with van der Waals surface area (Å²) in [5.41, 5.74) is 3.23. The maximum Gasteiger partial charge on any atom is 0.220 e. The van der Waals surface area contributed by atoms with Crippen LogP contribution in [-0.4, -0.2) is 15.7 Å². The largest absolute Gasteiger partial charge is 0.352 e. The molecular formula is C11H19N3O. The van der Waals surface area contributed by atoms with Gasteiger partial charge in [-0.05, 0) is 20.3 Å². The van der Waals surface area contributed by atoms with E-state index in [2.05, 4.69) is 10.4 Å². The summed E-state index contributed by atoms with van der Waals surface area (Å²) in [4.78, 5) is 11.3. The summed E-state index contributed by atoms with van der Waals surface area (Å²) in [5.74, 6) is 0.111. The highest BCUT2D eigenvalue weighted by Crippen LogP contribution is 2.11. The van der Waals surface area contributed by atoms with Gasteiger partial charge in [0.2, 0.25) is 5.91 Å². The molecule has 1 aromatic heterocycles. The zero-order chi connectivity index (χ0) is 11.4. The maximum atomic E-state index is 11.3. The number of nitrogens with zero attached hydrogens (tertiary/aromatic N) is 2. The highest BCUT2D eigenvalue weighted by molar-refractivity contribution is 5.75. The van der Waals surface area contributed by atoms with Crippen LogP contribution in [0.15, 0.2) is 0 Å². The van der Waals surface area contributed by atoms with E-state index < -0.39 is 0 Å². The lowest BCUT2D eigenvalue weighted by Gasteiger charge is -2.04. The van der Waals surface area contributed by atoms with E-state index in [1.54, 1.807) is 0 Å². The van der Waals surface area contributed by atoms with E-state index in [1.165, 1.54) is 0 Å². The Bertz CT molecular complexity index is 355. The molecule has 1 aromatic rings. The lowest BCUT2D eigenvalue weighted by molar-refractivity contribution is -0.121. The van der Waals surface area contributed by atoms with Gasteiger partial charge in [0, 0.05) is 31.3 Å². The van der Waals surface area contributed by atoms with Gasteiger partial charge in [-0.25, -0.2) is 0 Å². The molecule has 1 N–H and O–H groups in total. The van der Waals surface area contributed by atoms with Gasteiger partial charge in [0.15, 0.2) is 0 Å². The maximum absolute atomic E-state index is 11.3. The van der Waals surface area contributed by atoms with Crippen LogP contribution in [-0.2, 0) is 18.4 Å². The predicted molar refractivity (Wildman–Crippen MR) is 59.4 cm³/mol. The van der Waals surface area contributed by atoms with E-state index >= 15 is 0 Å². The number of aromatic nitrogens is 2. The minimum atomic E-state index is 0.111. The standard InChI is InChI=1S/C11H19N3O/c1-5-6-11(15)12-7-10-8(2)13-14(4)9(10)3/h5-7H2,1-4H3,(H,12,15). The topological polar surface area (TPSA) is 46.9 Å². The SMILES string of the molecule is CCCC(=O)NCc1c(C)nn(C)c1C. The number of carbonyl (C=O) groups excluding carboxylic acids is 1. The molecule has 1 rings (SSSR count). The second-order valence-electron chi connectivity index (χ2n) is 3.80. The van der Waals surface area contributed by atoms with Gasteiger partial charge in [-0.2, -0.15) is 5.10 Å². The fourth-order valence-electron chi connectivity index (χ4n) is 1.58. The van der Waals surface area contributed by atoms with Crippen molar-refractivity contribution >= 4 is 5.91 Å². The third-order valence-electron chi connectivity index (χ3n) is 2.60. The Morgan fingerprint density at radius 3 is 2.60 bits per heavy atom. The van der Waals surface area contributed by atoms with Crippen molar-refractivity contribution < 1.29 is 4.79 Å². The van der Waals surface area contributed by atoms with Crippen LogP contribution < -0.4 is 5.32 Å². The van der Waals surface area contributed by atoms with Crippen molar-refractivity contribution in [2.45, 2.75) is 40.2 Å². The number of aryl methyl sites for hydroxylation is 2. The summed E-state index contributed by atoms with van der Waals surface area (Å²) < 4.78 is 1.84. The quantitative estimate of drug-likeness (QED) is 0.816. The molecule has 0 aliphatic heterocycles. The van der Waals surface area contributed by atoms with Gasteiger partial charge in [-0.3, -0.25) is 9.48 Å². The summed E-state index contributed by atoms with van der Waals surface area (Å²) in [6.45, 7) is 6.57. The fraction of sp³-hybridized carbons (Fsp3) is 0.636. The number of rotatable bonds is 4. The van der Waals surface area contributed by atoms with Gasteiger partial charge in [-0.1, -0.05) is 6.92 Å². The van der Waals surface area contributed by atoms with Gasteiger partial charge in [0.25, 0.3) is 0 Å². The van der Waals surface area contributed by atoms with Crippen LogP contribution in [0, 0.1) is 13.8 Å². The molecular weight excluding hydrogens is 190 g/mol. The molecule has 0 aromatic carbocycles. The molecule has 0 radical (unpaired) electrons. The Kier molecular flexibility index (Phi) is 3.88.